The van der Waals surface area contributed by atoms with Gasteiger partial charge in [0.1, 0.15) is 5.82 Å². The van der Waals surface area contributed by atoms with Crippen LogP contribution in [0.3, 0.4) is 0 Å². The molecule has 5 aliphatic rings. The lowest BCUT2D eigenvalue weighted by Gasteiger charge is -2.38. The first-order valence-corrected chi connectivity index (χ1v) is 55.2. The van der Waals surface area contributed by atoms with Crippen molar-refractivity contribution >= 4 is 0 Å². The van der Waals surface area contributed by atoms with E-state index in [9.17, 15) is 14.6 Å². The maximum Gasteiger partial charge on any atom is 0.123 e. The lowest BCUT2D eigenvalue weighted by Crippen LogP contribution is -2.47. The summed E-state index contributed by atoms with van der Waals surface area (Å²) >= 11 is 0. The van der Waals surface area contributed by atoms with Gasteiger partial charge in [-0.25, -0.2) is 4.39 Å². The number of ether oxygens (including phenoxy) is 2. The normalized spacial score (nSPS) is 17.9. The Kier molecular flexibility index (Phi) is 94.3. The van der Waals surface area contributed by atoms with Crippen molar-refractivity contribution in [2.75, 3.05) is 85.8 Å². The summed E-state index contributed by atoms with van der Waals surface area (Å²) in [6, 6.07) is 6.64. The van der Waals surface area contributed by atoms with Crippen LogP contribution in [0.25, 0.3) is 0 Å². The smallest absolute Gasteiger partial charge is 0.123 e. The molecule has 16 nitrogen and oxygen atoms in total. The molecule has 0 aromatic heterocycles. The number of nitrogens with one attached hydrogen (secondary N) is 3. The van der Waals surface area contributed by atoms with Crippen LogP contribution in [0.4, 0.5) is 4.39 Å². The van der Waals surface area contributed by atoms with Crippen molar-refractivity contribution in [3.8, 4) is 0 Å². The summed E-state index contributed by atoms with van der Waals surface area (Å²) in [6.45, 7) is 120. The first kappa shape index (κ1) is 157. The molecule has 1 saturated carbocycles. The van der Waals surface area contributed by atoms with Crippen LogP contribution in [0.1, 0.15) is 519 Å². The van der Waals surface area contributed by atoms with Crippen LogP contribution in [0.5, 0.6) is 0 Å². The largest absolute Gasteiger partial charge is 0.389 e. The minimum absolute atomic E-state index is 0.0156. The number of rotatable bonds is 23. The molecule has 136 heavy (non-hydrogen) atoms. The van der Waals surface area contributed by atoms with E-state index in [1.807, 2.05) is 41.5 Å². The number of benzene rings is 1. The molecule has 0 spiro atoms. The third-order valence-corrected chi connectivity index (χ3v) is 22.1. The van der Waals surface area contributed by atoms with Gasteiger partial charge in [-0.15, -0.1) is 0 Å². The molecule has 1 unspecified atom stereocenters. The molecule has 0 amide bonds. The van der Waals surface area contributed by atoms with E-state index in [-0.39, 0.29) is 57.3 Å². The van der Waals surface area contributed by atoms with Crippen LogP contribution >= 0.6 is 0 Å². The van der Waals surface area contributed by atoms with E-state index in [2.05, 4.69) is 293 Å². The molecular formula is C119H265FN12O4. The van der Waals surface area contributed by atoms with E-state index in [0.29, 0.717) is 49.9 Å². The van der Waals surface area contributed by atoms with Gasteiger partial charge in [0.2, 0.25) is 0 Å². The first-order valence-electron chi connectivity index (χ1n) is 55.2. The van der Waals surface area contributed by atoms with Gasteiger partial charge in [0.25, 0.3) is 0 Å². The van der Waals surface area contributed by atoms with E-state index in [1.54, 1.807) is 46.9 Å². The number of nitrogens with two attached hydrogens (primary N) is 9. The van der Waals surface area contributed by atoms with Gasteiger partial charge in [-0.05, 0) is 349 Å². The predicted octanol–water partition coefficient (Wildman–Crippen LogP) is 29.5. The zero-order chi connectivity index (χ0) is 110. The van der Waals surface area contributed by atoms with Gasteiger partial charge in [-0.2, -0.15) is 0 Å². The van der Waals surface area contributed by atoms with E-state index in [4.69, 9.17) is 61.1 Å². The standard InChI is InChI=1S/C13H20FN.C10H21NO.C10H20.2C9H21NO.C8H19NO.2C8H19N.C8H18.2C7H17N.C6H13N.2C5H11N.3C2H6/c1-13(2,3)9-12(15)8-10-4-6-11(14)7-5-10;1-9(2,3)8-10(11)4-6-12-7-5-10;1-5-10(6-7-10)8-9(2,3)4;2*1-8(2,3)6-7(10)9(4,5)11;1-8(2,3)5-7(9)6-10-4;1-7(2,3)6-8(4,5)9;1-8(2,3)6-4-5-7-9;1-5-6-7-8(2,3)4;2*1-7(2,3)5-4-6-8;1-6-3-2-4-7-5-6;2*1-5-2-3-6-4-5;3*1-2/h4-7,12H,8-9,15H2,1-3H3;4-8,11H2,1-3H3;5-8H2,1-4H3;2*7,11H,6,10H2,1-5H3;7H,5-6,9H2,1-4H3;6,9H2,1-5H3;4-7,9H2,1-3H3;5-7H2,1-4H3;2*4-6,8H2,1-3H3;6-7H,2-5H2,1H3;2*5-6H,2-4H2,1H3;3*1-2H3/t12-;;;7-;;7-;;;;;;6-;2*5-;;;/m0..1.1.....110.../s1. The molecular weight excluding hydrogens is 1680 g/mol. The van der Waals surface area contributed by atoms with Crippen molar-refractivity contribution in [3.05, 3.63) is 35.6 Å². The minimum Gasteiger partial charge on any atom is -0.389 e. The maximum absolute atomic E-state index is 12.7. The van der Waals surface area contributed by atoms with Crippen molar-refractivity contribution in [2.45, 2.75) is 566 Å². The second-order valence-electron chi connectivity index (χ2n) is 55.4. The summed E-state index contributed by atoms with van der Waals surface area (Å²) in [5.74, 6) is 2.60. The zero-order valence-electron chi connectivity index (χ0n) is 103. The summed E-state index contributed by atoms with van der Waals surface area (Å²) in [4.78, 5) is 0. The second-order valence-corrected chi connectivity index (χ2v) is 55.4. The molecule has 0 bridgehead atoms. The Bertz CT molecular complexity index is 2540. The molecule has 1 aliphatic carbocycles. The molecule has 6 rings (SSSR count). The highest BCUT2D eigenvalue weighted by Crippen LogP contribution is 2.55. The fourth-order valence-electron chi connectivity index (χ4n) is 15.4. The summed E-state index contributed by atoms with van der Waals surface area (Å²) in [5, 5.41) is 28.9. The Hall–Kier alpha value is -1.49. The summed E-state index contributed by atoms with van der Waals surface area (Å²) in [7, 11) is 1.68. The molecule has 832 valence electrons. The van der Waals surface area contributed by atoms with Crippen LogP contribution in [0, 0.1) is 88.6 Å². The number of halogens is 1. The van der Waals surface area contributed by atoms with Crippen LogP contribution in [0.2, 0.25) is 0 Å². The third-order valence-electron chi connectivity index (χ3n) is 22.1. The molecule has 0 radical (unpaired) electrons. The highest BCUT2D eigenvalue weighted by atomic mass is 19.1. The number of hydrogen-bond acceptors (Lipinski definition) is 16. The quantitative estimate of drug-likeness (QED) is 0.0453. The molecule has 23 N–H and O–H groups in total. The third kappa shape index (κ3) is 143. The number of methoxy groups -OCH3 is 1. The summed E-state index contributed by atoms with van der Waals surface area (Å²) in [5.41, 5.74) is 56.1. The summed E-state index contributed by atoms with van der Waals surface area (Å²) in [6.07, 6.45) is 32.7. The highest BCUT2D eigenvalue weighted by Gasteiger charge is 2.43. The molecule has 4 saturated heterocycles. The number of hydrogen-bond donors (Lipinski definition) is 14. The number of aliphatic hydroxyl groups is 2. The molecule has 7 atom stereocenters. The van der Waals surface area contributed by atoms with Gasteiger partial charge in [-0.3, -0.25) is 0 Å². The molecule has 1 aromatic carbocycles. The Morgan fingerprint density at radius 3 is 0.912 bits per heavy atom. The zero-order valence-corrected chi connectivity index (χ0v) is 103. The second kappa shape index (κ2) is 81.6. The molecule has 5 fully saturated rings. The SMILES string of the molecule is CC.CC.CC.CC(C)(C)CC(C)(C)N.CC(C)(C)CC(N)C(C)(C)O.CC(C)(C)CC1(N)CCOCC1.CC(C)(C)CCCCN.CC(C)(C)CCCN.CC(C)(C)CCCN.CC(C)(C)C[C@@H](N)C(C)(C)O.CC(C)(C)C[C@@H](N)Cc1ccc(F)cc1.CCC1(CC(C)(C)C)CC1.CCCCC(C)(C)C.COC[C@H](N)CC(C)(C)C.C[C@@H]1CCCNC1.C[C@@H]1CCNC1.C[C@H]1CCNC1. The fraction of sp³-hybridized carbons (Fsp3) is 0.950. The van der Waals surface area contributed by atoms with E-state index >= 15 is 0 Å². The summed E-state index contributed by atoms with van der Waals surface area (Å²) < 4.78 is 22.9. The lowest BCUT2D eigenvalue weighted by atomic mass is 9.76. The average Bonchev–Trinajstić information content (AvgIpc) is 1.65. The average molecular weight is 1950 g/mol. The topological polar surface area (TPSA) is 329 Å². The Morgan fingerprint density at radius 1 is 0.412 bits per heavy atom. The number of piperidine rings is 1. The first-order chi connectivity index (χ1) is 61.1. The number of unbranched alkanes of at least 4 members (excludes halogenated alkanes) is 2. The molecule has 4 aliphatic heterocycles. The van der Waals surface area contributed by atoms with Crippen molar-refractivity contribution in [2.24, 2.45) is 134 Å². The van der Waals surface area contributed by atoms with Gasteiger partial charge in [0.05, 0.1) is 17.8 Å². The molecule has 1 aromatic rings. The van der Waals surface area contributed by atoms with E-state index in [1.165, 1.54) is 154 Å². The molecule has 4 heterocycles. The van der Waals surface area contributed by atoms with Crippen LogP contribution in [-0.2, 0) is 15.9 Å². The lowest BCUT2D eigenvalue weighted by molar-refractivity contribution is 0.0371. The predicted molar refractivity (Wildman–Crippen MR) is 618 cm³/mol. The van der Waals surface area contributed by atoms with Crippen LogP contribution < -0.4 is 67.6 Å². The van der Waals surface area contributed by atoms with Gasteiger partial charge >= 0.3 is 0 Å². The van der Waals surface area contributed by atoms with Gasteiger partial charge in [-0.1, -0.05) is 342 Å². The van der Waals surface area contributed by atoms with E-state index in [0.717, 1.165) is 132 Å². The Morgan fingerprint density at radius 2 is 0.728 bits per heavy atom. The maximum atomic E-state index is 12.7. The van der Waals surface area contributed by atoms with Crippen molar-refractivity contribution in [3.63, 3.8) is 0 Å². The van der Waals surface area contributed by atoms with Crippen molar-refractivity contribution < 1.29 is 24.1 Å². The highest BCUT2D eigenvalue weighted by molar-refractivity contribution is 5.17. The van der Waals surface area contributed by atoms with E-state index < -0.39 is 11.2 Å². The van der Waals surface area contributed by atoms with Gasteiger partial charge < -0.3 is 87.2 Å². The Labute approximate surface area is 856 Å². The van der Waals surface area contributed by atoms with Gasteiger partial charge in [0, 0.05) is 55.6 Å². The monoisotopic (exact) mass is 1950 g/mol. The van der Waals surface area contributed by atoms with Crippen LogP contribution in [0.15, 0.2) is 24.3 Å². The van der Waals surface area contributed by atoms with Crippen molar-refractivity contribution in [1.29, 1.82) is 0 Å². The molecule has 17 heteroatoms. The fourth-order valence-corrected chi connectivity index (χ4v) is 15.4. The van der Waals surface area contributed by atoms with Gasteiger partial charge in [0.15, 0.2) is 0 Å². The van der Waals surface area contributed by atoms with Crippen LogP contribution in [-0.4, -0.2) is 142 Å². The van der Waals surface area contributed by atoms with Crippen molar-refractivity contribution in [1.82, 2.24) is 16.0 Å². The Balaban J connectivity index is -0.000000138. The minimum atomic E-state index is -0.757.